The first-order valence-corrected chi connectivity index (χ1v) is 11.2. The molecular weight excluding hydrogens is 442 g/mol. The van der Waals surface area contributed by atoms with E-state index >= 15 is 0 Å². The number of ether oxygens (including phenoxy) is 3. The van der Waals surface area contributed by atoms with Crippen molar-refractivity contribution < 1.29 is 33.4 Å². The van der Waals surface area contributed by atoms with Gasteiger partial charge in [-0.25, -0.2) is 9.59 Å². The Bertz CT molecular complexity index is 899. The smallest absolute Gasteiger partial charge is 0.410 e. The number of carbonyl (C=O) groups excluding carboxylic acids is 4. The number of rotatable bonds is 10. The van der Waals surface area contributed by atoms with Gasteiger partial charge in [-0.2, -0.15) is 0 Å². The van der Waals surface area contributed by atoms with Crippen molar-refractivity contribution in [2.24, 2.45) is 5.41 Å². The van der Waals surface area contributed by atoms with E-state index < -0.39 is 18.1 Å². The minimum atomic E-state index is -0.750. The summed E-state index contributed by atoms with van der Waals surface area (Å²) in [4.78, 5) is 52.3. The Morgan fingerprint density at radius 1 is 1.18 bits per heavy atom. The van der Waals surface area contributed by atoms with Gasteiger partial charge < -0.3 is 29.3 Å². The molecule has 2 aliphatic heterocycles. The van der Waals surface area contributed by atoms with E-state index in [4.69, 9.17) is 14.2 Å². The molecule has 0 saturated carbocycles. The maximum Gasteiger partial charge on any atom is 0.410 e. The van der Waals surface area contributed by atoms with E-state index in [9.17, 15) is 19.2 Å². The second-order valence-electron chi connectivity index (χ2n) is 8.53. The molecule has 2 saturated heterocycles. The number of amides is 3. The van der Waals surface area contributed by atoms with Crippen LogP contribution >= 0.6 is 0 Å². The van der Waals surface area contributed by atoms with Gasteiger partial charge in [-0.3, -0.25) is 9.59 Å². The van der Waals surface area contributed by atoms with Crippen LogP contribution in [0.15, 0.2) is 43.0 Å². The number of likely N-dealkylation sites (tertiary alicyclic amines) is 2. The zero-order chi connectivity index (χ0) is 24.6. The van der Waals surface area contributed by atoms with Crippen molar-refractivity contribution in [3.05, 3.63) is 43.0 Å². The Balaban J connectivity index is 1.44. The molecule has 1 N–H and O–H groups in total. The lowest BCUT2D eigenvalue weighted by Gasteiger charge is -2.46. The van der Waals surface area contributed by atoms with Crippen LogP contribution < -0.4 is 10.1 Å². The number of nitrogens with one attached hydrogen (secondary N) is 1. The van der Waals surface area contributed by atoms with Crippen LogP contribution in [0.5, 0.6) is 5.75 Å². The van der Waals surface area contributed by atoms with Gasteiger partial charge in [0.05, 0.1) is 20.3 Å². The summed E-state index contributed by atoms with van der Waals surface area (Å²) in [6.45, 7) is 4.87. The van der Waals surface area contributed by atoms with Gasteiger partial charge in [0.1, 0.15) is 18.4 Å². The van der Waals surface area contributed by atoms with Crippen LogP contribution in [0.2, 0.25) is 0 Å². The summed E-state index contributed by atoms with van der Waals surface area (Å²) < 4.78 is 15.5. The van der Waals surface area contributed by atoms with Crippen LogP contribution in [-0.4, -0.2) is 86.2 Å². The quantitative estimate of drug-likeness (QED) is 0.310. The first-order chi connectivity index (χ1) is 16.4. The zero-order valence-corrected chi connectivity index (χ0v) is 19.4. The highest BCUT2D eigenvalue weighted by Gasteiger charge is 2.56. The molecule has 184 valence electrons. The summed E-state index contributed by atoms with van der Waals surface area (Å²) in [6.07, 6.45) is 2.15. The van der Waals surface area contributed by atoms with E-state index in [0.29, 0.717) is 39.1 Å². The molecule has 0 aliphatic carbocycles. The Morgan fingerprint density at radius 2 is 1.91 bits per heavy atom. The molecule has 0 unspecified atom stereocenters. The highest BCUT2D eigenvalue weighted by Crippen LogP contribution is 2.43. The zero-order valence-electron chi connectivity index (χ0n) is 19.4. The van der Waals surface area contributed by atoms with E-state index in [0.717, 1.165) is 5.75 Å². The molecule has 1 atom stereocenters. The maximum atomic E-state index is 12.8. The Hall–Kier alpha value is -3.56. The topological polar surface area (TPSA) is 114 Å². The van der Waals surface area contributed by atoms with E-state index in [2.05, 4.69) is 11.9 Å². The lowest BCUT2D eigenvalue weighted by atomic mass is 9.78. The van der Waals surface area contributed by atoms with Crippen molar-refractivity contribution in [1.29, 1.82) is 0 Å². The number of benzene rings is 1. The first-order valence-electron chi connectivity index (χ1n) is 11.2. The first kappa shape index (κ1) is 25.1. The van der Waals surface area contributed by atoms with Gasteiger partial charge in [-0.05, 0) is 25.0 Å². The average Bonchev–Trinajstić information content (AvgIpc) is 3.24. The summed E-state index contributed by atoms with van der Waals surface area (Å²) in [5, 5.41) is 2.62. The highest BCUT2D eigenvalue weighted by atomic mass is 16.6. The molecule has 10 nitrogen and oxygen atoms in total. The number of para-hydroxylation sites is 1. The molecule has 0 bridgehead atoms. The van der Waals surface area contributed by atoms with Crippen molar-refractivity contribution in [2.45, 2.75) is 25.3 Å². The van der Waals surface area contributed by atoms with Crippen molar-refractivity contribution in [3.8, 4) is 5.75 Å². The maximum absolute atomic E-state index is 12.8. The van der Waals surface area contributed by atoms with Crippen LogP contribution in [0.3, 0.4) is 0 Å². The molecule has 1 aromatic rings. The summed E-state index contributed by atoms with van der Waals surface area (Å²) in [7, 11) is 1.27. The summed E-state index contributed by atoms with van der Waals surface area (Å²) in [6, 6.07) is 8.56. The normalized spacial score (nSPS) is 18.1. The summed E-state index contributed by atoms with van der Waals surface area (Å²) in [5.74, 6) is -0.414. The van der Waals surface area contributed by atoms with Gasteiger partial charge in [-0.1, -0.05) is 30.9 Å². The van der Waals surface area contributed by atoms with Crippen LogP contribution in [0, 0.1) is 5.41 Å². The number of methoxy groups -OCH3 is 1. The number of nitrogens with zero attached hydrogens (tertiary/aromatic N) is 2. The van der Waals surface area contributed by atoms with Gasteiger partial charge in [0, 0.05) is 31.5 Å². The fourth-order valence-electron chi connectivity index (χ4n) is 4.31. The predicted molar refractivity (Wildman–Crippen MR) is 122 cm³/mol. The van der Waals surface area contributed by atoms with Crippen LogP contribution in [0.4, 0.5) is 4.79 Å². The second kappa shape index (κ2) is 11.5. The fourth-order valence-corrected chi connectivity index (χ4v) is 4.31. The molecule has 10 heteroatoms. The lowest BCUT2D eigenvalue weighted by Crippen LogP contribution is -2.59. The Morgan fingerprint density at radius 3 is 2.59 bits per heavy atom. The monoisotopic (exact) mass is 473 g/mol. The predicted octanol–water partition coefficient (Wildman–Crippen LogP) is 1.36. The van der Waals surface area contributed by atoms with E-state index in [1.165, 1.54) is 23.0 Å². The van der Waals surface area contributed by atoms with Crippen molar-refractivity contribution >= 4 is 23.9 Å². The molecule has 3 rings (SSSR count). The number of carbonyl (C=O) groups is 4. The van der Waals surface area contributed by atoms with Gasteiger partial charge in [0.15, 0.2) is 0 Å². The van der Waals surface area contributed by atoms with Crippen LogP contribution in [-0.2, 0) is 23.9 Å². The molecule has 3 amide bonds. The second-order valence-corrected chi connectivity index (χ2v) is 8.53. The molecule has 0 aromatic heterocycles. The molecule has 34 heavy (non-hydrogen) atoms. The molecular formula is C24H31N3O7. The van der Waals surface area contributed by atoms with E-state index in [-0.39, 0.29) is 36.8 Å². The van der Waals surface area contributed by atoms with Crippen LogP contribution in [0.25, 0.3) is 0 Å². The molecule has 1 spiro atoms. The third-order valence-corrected chi connectivity index (χ3v) is 5.93. The molecule has 1 aromatic carbocycles. The lowest BCUT2D eigenvalue weighted by molar-refractivity contribution is -0.150. The van der Waals surface area contributed by atoms with Gasteiger partial charge in [0.25, 0.3) is 0 Å². The van der Waals surface area contributed by atoms with E-state index in [1.807, 2.05) is 30.3 Å². The Labute approximate surface area is 198 Å². The van der Waals surface area contributed by atoms with Crippen molar-refractivity contribution in [3.63, 3.8) is 0 Å². The van der Waals surface area contributed by atoms with Gasteiger partial charge in [-0.15, -0.1) is 0 Å². The summed E-state index contributed by atoms with van der Waals surface area (Å²) >= 11 is 0. The molecule has 2 aliphatic rings. The largest absolute Gasteiger partial charge is 0.494 e. The fraction of sp³-hybridized carbons (Fsp3) is 0.500. The number of hydrogen-bond donors (Lipinski definition) is 1. The Kier molecular flexibility index (Phi) is 8.50. The molecule has 2 heterocycles. The third kappa shape index (κ3) is 6.27. The average molecular weight is 474 g/mol. The van der Waals surface area contributed by atoms with Crippen LogP contribution in [0.1, 0.15) is 19.3 Å². The van der Waals surface area contributed by atoms with Crippen molar-refractivity contribution in [2.75, 3.05) is 46.5 Å². The standard InChI is InChI=1S/C24H31N3O7/c1-3-11-34-23(31)26-15-24(16-26)13-19(22(30)32-2)27(17-24)21(29)14-25-20(28)10-7-12-33-18-8-5-4-6-9-18/h3-6,8-9,19H,1,7,10-17H2,2H3,(H,25,28)/t19-/m0/s1. The molecule has 2 fully saturated rings. The SMILES string of the molecule is C=CCOC(=O)N1CC2(C[C@@H](C(=O)OC)N(C(=O)CNC(=O)CCCOc3ccccc3)C2)C1. The highest BCUT2D eigenvalue weighted by molar-refractivity contribution is 5.89. The minimum Gasteiger partial charge on any atom is -0.494 e. The van der Waals surface area contributed by atoms with Gasteiger partial charge in [0.2, 0.25) is 11.8 Å². The summed E-state index contributed by atoms with van der Waals surface area (Å²) in [5.41, 5.74) is -0.388. The molecule has 0 radical (unpaired) electrons. The third-order valence-electron chi connectivity index (χ3n) is 5.93. The van der Waals surface area contributed by atoms with Crippen molar-refractivity contribution in [1.82, 2.24) is 15.1 Å². The number of hydrogen-bond acceptors (Lipinski definition) is 7. The number of esters is 1. The van der Waals surface area contributed by atoms with E-state index in [1.54, 1.807) is 0 Å². The minimum absolute atomic E-state index is 0.121. The van der Waals surface area contributed by atoms with Gasteiger partial charge >= 0.3 is 12.1 Å².